The van der Waals surface area contributed by atoms with E-state index >= 15 is 0 Å². The Morgan fingerprint density at radius 3 is 2.70 bits per heavy atom. The predicted molar refractivity (Wildman–Crippen MR) is 45.9 cm³/mol. The summed E-state index contributed by atoms with van der Waals surface area (Å²) in [5.74, 6) is 0. The van der Waals surface area contributed by atoms with Gasteiger partial charge >= 0.3 is 0 Å². The molecule has 0 radical (unpaired) electrons. The van der Waals surface area contributed by atoms with Gasteiger partial charge in [-0.2, -0.15) is 0 Å². The van der Waals surface area contributed by atoms with Crippen molar-refractivity contribution in [2.45, 2.75) is 20.3 Å². The summed E-state index contributed by atoms with van der Waals surface area (Å²) >= 11 is 0. The Morgan fingerprint density at radius 1 is 1.70 bits per heavy atom. The van der Waals surface area contributed by atoms with Gasteiger partial charge in [-0.3, -0.25) is 4.99 Å². The van der Waals surface area contributed by atoms with Crippen LogP contribution in [0.3, 0.4) is 0 Å². The molecule has 0 heterocycles. The van der Waals surface area contributed by atoms with Gasteiger partial charge < -0.3 is 5.73 Å². The Hall–Kier alpha value is -1.05. The molecule has 0 aromatic carbocycles. The molecule has 10 heavy (non-hydrogen) atoms. The quantitative estimate of drug-likeness (QED) is 0.594. The molecular weight excluding hydrogens is 124 g/mol. The topological polar surface area (TPSA) is 38.4 Å². The van der Waals surface area contributed by atoms with E-state index in [4.69, 9.17) is 5.73 Å². The maximum Gasteiger partial charge on any atom is 0.0452 e. The molecule has 0 aromatic heterocycles. The normalized spacial score (nSPS) is 12.4. The van der Waals surface area contributed by atoms with Gasteiger partial charge in [-0.15, -0.1) is 0 Å². The Morgan fingerprint density at radius 2 is 2.30 bits per heavy atom. The number of hydrogen-bond donors (Lipinski definition) is 1. The largest absolute Gasteiger partial charge is 0.401 e. The molecule has 0 fully saturated rings. The lowest BCUT2D eigenvalue weighted by molar-refractivity contribution is 1.18. The molecule has 0 amide bonds. The van der Waals surface area contributed by atoms with Gasteiger partial charge in [0.2, 0.25) is 0 Å². The van der Waals surface area contributed by atoms with Crippen LogP contribution in [0.5, 0.6) is 0 Å². The monoisotopic (exact) mass is 138 g/mol. The summed E-state index contributed by atoms with van der Waals surface area (Å²) in [6.45, 7) is 7.58. The van der Waals surface area contributed by atoms with Gasteiger partial charge in [0.05, 0.1) is 0 Å². The van der Waals surface area contributed by atoms with E-state index in [1.165, 1.54) is 0 Å². The predicted octanol–water partition coefficient (Wildman–Crippen LogP) is 1.84. The van der Waals surface area contributed by atoms with Crippen LogP contribution in [0.25, 0.3) is 0 Å². The average Bonchev–Trinajstić information content (AvgIpc) is 1.87. The highest BCUT2D eigenvalue weighted by Gasteiger charge is 1.79. The van der Waals surface area contributed by atoms with Crippen LogP contribution in [0, 0.1) is 0 Å². The van der Waals surface area contributed by atoms with E-state index in [1.807, 2.05) is 6.92 Å². The summed E-state index contributed by atoms with van der Waals surface area (Å²) < 4.78 is 0. The second-order valence-electron chi connectivity index (χ2n) is 2.16. The van der Waals surface area contributed by atoms with Crippen molar-refractivity contribution in [1.82, 2.24) is 0 Å². The molecule has 2 heteroatoms. The highest BCUT2D eigenvalue weighted by atomic mass is 14.7. The fraction of sp³-hybridized carbons (Fsp3) is 0.375. The fourth-order valence-electron chi connectivity index (χ4n) is 0.352. The number of nitrogens with two attached hydrogens (primary N) is 1. The Kier molecular flexibility index (Phi) is 4.29. The molecule has 0 aliphatic heterocycles. The van der Waals surface area contributed by atoms with Crippen molar-refractivity contribution in [3.8, 4) is 0 Å². The molecule has 0 bridgehead atoms. The van der Waals surface area contributed by atoms with Crippen molar-refractivity contribution >= 4 is 6.21 Å². The highest BCUT2D eigenvalue weighted by molar-refractivity contribution is 5.77. The molecular formula is C8H14N2. The third-order valence-corrected chi connectivity index (χ3v) is 0.989. The second kappa shape index (κ2) is 4.79. The van der Waals surface area contributed by atoms with E-state index in [1.54, 1.807) is 19.3 Å². The first-order valence-corrected chi connectivity index (χ1v) is 3.30. The minimum absolute atomic E-state index is 0.708. The van der Waals surface area contributed by atoms with E-state index in [2.05, 4.69) is 11.6 Å². The minimum Gasteiger partial charge on any atom is -0.401 e. The van der Waals surface area contributed by atoms with Gasteiger partial charge in [0.25, 0.3) is 0 Å². The van der Waals surface area contributed by atoms with Crippen LogP contribution in [0.15, 0.2) is 29.0 Å². The van der Waals surface area contributed by atoms with Crippen LogP contribution in [0.1, 0.15) is 20.3 Å². The van der Waals surface area contributed by atoms with Gasteiger partial charge in [-0.05, 0) is 18.9 Å². The van der Waals surface area contributed by atoms with Crippen LogP contribution in [0.2, 0.25) is 0 Å². The zero-order chi connectivity index (χ0) is 7.98. The number of nitrogens with zero attached hydrogens (tertiary/aromatic N) is 1. The van der Waals surface area contributed by atoms with Gasteiger partial charge in [0.1, 0.15) is 0 Å². The first-order valence-electron chi connectivity index (χ1n) is 3.30. The zero-order valence-electron chi connectivity index (χ0n) is 6.59. The first-order chi connectivity index (χ1) is 4.66. The molecule has 0 rings (SSSR count). The number of aliphatic imine (C=N–C) groups is 1. The van der Waals surface area contributed by atoms with E-state index in [0.717, 1.165) is 12.0 Å². The maximum absolute atomic E-state index is 5.34. The van der Waals surface area contributed by atoms with Gasteiger partial charge in [-0.25, -0.2) is 0 Å². The van der Waals surface area contributed by atoms with Gasteiger partial charge in [0.15, 0.2) is 0 Å². The summed E-state index contributed by atoms with van der Waals surface area (Å²) in [5.41, 5.74) is 7.06. The molecule has 0 saturated heterocycles. The lowest BCUT2D eigenvalue weighted by Gasteiger charge is -1.88. The molecule has 2 nitrogen and oxygen atoms in total. The van der Waals surface area contributed by atoms with E-state index < -0.39 is 0 Å². The van der Waals surface area contributed by atoms with Crippen LogP contribution in [-0.4, -0.2) is 6.21 Å². The van der Waals surface area contributed by atoms with Crippen LogP contribution in [-0.2, 0) is 0 Å². The zero-order valence-corrected chi connectivity index (χ0v) is 6.59. The number of allylic oxidation sites excluding steroid dienone is 2. The molecule has 56 valence electrons. The summed E-state index contributed by atoms with van der Waals surface area (Å²) in [4.78, 5) is 3.93. The molecule has 0 spiro atoms. The molecule has 0 aromatic rings. The summed E-state index contributed by atoms with van der Waals surface area (Å²) in [5, 5.41) is 0. The van der Waals surface area contributed by atoms with Crippen LogP contribution < -0.4 is 5.73 Å². The third-order valence-electron chi connectivity index (χ3n) is 0.989. The number of rotatable bonds is 3. The van der Waals surface area contributed by atoms with Crippen molar-refractivity contribution in [2.24, 2.45) is 10.7 Å². The fourth-order valence-corrected chi connectivity index (χ4v) is 0.352. The average molecular weight is 138 g/mol. The maximum atomic E-state index is 5.34. The minimum atomic E-state index is 0.708. The molecule has 0 aliphatic carbocycles. The van der Waals surface area contributed by atoms with Crippen molar-refractivity contribution in [2.75, 3.05) is 0 Å². The Labute approximate surface area is 62.1 Å². The number of hydrogen-bond acceptors (Lipinski definition) is 2. The SMILES string of the molecule is C=C(C=N/C=C(\C)N)CC. The van der Waals surface area contributed by atoms with Crippen molar-refractivity contribution < 1.29 is 0 Å². The smallest absolute Gasteiger partial charge is 0.0452 e. The third kappa shape index (κ3) is 5.09. The standard InChI is InChI=1S/C8H14N2/c1-4-7(2)5-10-6-8(3)9/h5-6H,2,4,9H2,1,3H3/b8-6+,10-5?. The van der Waals surface area contributed by atoms with Crippen LogP contribution >= 0.6 is 0 Å². The molecule has 2 N–H and O–H groups in total. The van der Waals surface area contributed by atoms with Crippen molar-refractivity contribution in [3.05, 3.63) is 24.0 Å². The van der Waals surface area contributed by atoms with Crippen molar-refractivity contribution in [1.29, 1.82) is 0 Å². The lowest BCUT2D eigenvalue weighted by atomic mass is 10.3. The summed E-state index contributed by atoms with van der Waals surface area (Å²) in [6.07, 6.45) is 4.26. The second-order valence-corrected chi connectivity index (χ2v) is 2.16. The van der Waals surface area contributed by atoms with Crippen molar-refractivity contribution in [3.63, 3.8) is 0 Å². The van der Waals surface area contributed by atoms with Gasteiger partial charge in [-0.1, -0.05) is 13.5 Å². The van der Waals surface area contributed by atoms with Gasteiger partial charge in [0, 0.05) is 18.1 Å². The summed E-state index contributed by atoms with van der Waals surface area (Å²) in [7, 11) is 0. The van der Waals surface area contributed by atoms with E-state index in [0.29, 0.717) is 5.70 Å². The summed E-state index contributed by atoms with van der Waals surface area (Å²) in [6, 6.07) is 0. The molecule has 0 saturated carbocycles. The van der Waals surface area contributed by atoms with E-state index in [-0.39, 0.29) is 0 Å². The molecule has 0 unspecified atom stereocenters. The Balaban J connectivity index is 3.77. The molecule has 0 atom stereocenters. The lowest BCUT2D eigenvalue weighted by Crippen LogP contribution is -1.88. The first kappa shape index (κ1) is 8.95. The van der Waals surface area contributed by atoms with Crippen LogP contribution in [0.4, 0.5) is 0 Å². The van der Waals surface area contributed by atoms with E-state index in [9.17, 15) is 0 Å². The molecule has 0 aliphatic rings. The highest BCUT2D eigenvalue weighted by Crippen LogP contribution is 1.91. The Bertz CT molecular complexity index is 162.